The summed E-state index contributed by atoms with van der Waals surface area (Å²) in [7, 11) is 0. The number of amides is 1. The molecule has 1 rings (SSSR count). The van der Waals surface area contributed by atoms with E-state index in [9.17, 15) is 14.9 Å². The number of carbonyl (C=O) groups excluding carboxylic acids is 1. The Labute approximate surface area is 87.3 Å². The largest absolute Gasteiger partial charge is 0.356 e. The summed E-state index contributed by atoms with van der Waals surface area (Å²) in [4.78, 5) is 20.8. The third-order valence-corrected chi connectivity index (χ3v) is 1.96. The smallest absolute Gasteiger partial charge is 0.272 e. The van der Waals surface area contributed by atoms with Crippen molar-refractivity contribution in [1.82, 2.24) is 5.32 Å². The second-order valence-electron chi connectivity index (χ2n) is 3.12. The number of hydrogen-bond donors (Lipinski definition) is 1. The molecule has 0 atom stereocenters. The first-order chi connectivity index (χ1) is 7.11. The van der Waals surface area contributed by atoms with Crippen LogP contribution in [0.1, 0.15) is 12.5 Å². The van der Waals surface area contributed by atoms with Gasteiger partial charge in [0.25, 0.3) is 5.69 Å². The molecule has 0 fully saturated rings. The van der Waals surface area contributed by atoms with Crippen LogP contribution in [0, 0.1) is 10.1 Å². The van der Waals surface area contributed by atoms with Crippen molar-refractivity contribution in [3.05, 3.63) is 39.9 Å². The number of nitro groups is 1. The number of para-hydroxylation sites is 1. The summed E-state index contributed by atoms with van der Waals surface area (Å²) in [6.07, 6.45) is 0.469. The molecule has 0 aromatic heterocycles. The lowest BCUT2D eigenvalue weighted by Crippen LogP contribution is -2.22. The SMILES string of the molecule is CC(=O)NCCc1ccccc1[N+](=O)[O-]. The van der Waals surface area contributed by atoms with Crippen LogP contribution in [0.15, 0.2) is 24.3 Å². The number of rotatable bonds is 4. The molecular weight excluding hydrogens is 196 g/mol. The van der Waals surface area contributed by atoms with Crippen molar-refractivity contribution in [3.63, 3.8) is 0 Å². The molecule has 0 saturated heterocycles. The van der Waals surface area contributed by atoms with E-state index >= 15 is 0 Å². The van der Waals surface area contributed by atoms with Crippen LogP contribution in [0.25, 0.3) is 0 Å². The Morgan fingerprint density at radius 2 is 2.13 bits per heavy atom. The maximum Gasteiger partial charge on any atom is 0.272 e. The van der Waals surface area contributed by atoms with Gasteiger partial charge in [-0.05, 0) is 6.42 Å². The number of benzene rings is 1. The van der Waals surface area contributed by atoms with Crippen LogP contribution in [0.3, 0.4) is 0 Å². The highest BCUT2D eigenvalue weighted by Crippen LogP contribution is 2.17. The van der Waals surface area contributed by atoms with E-state index in [1.807, 2.05) is 0 Å². The maximum absolute atomic E-state index is 10.6. The van der Waals surface area contributed by atoms with Gasteiger partial charge in [-0.1, -0.05) is 18.2 Å². The molecule has 0 bridgehead atoms. The van der Waals surface area contributed by atoms with Gasteiger partial charge in [0.15, 0.2) is 0 Å². The van der Waals surface area contributed by atoms with E-state index in [-0.39, 0.29) is 11.6 Å². The highest BCUT2D eigenvalue weighted by Gasteiger charge is 2.11. The van der Waals surface area contributed by atoms with Gasteiger partial charge in [0, 0.05) is 25.1 Å². The van der Waals surface area contributed by atoms with Gasteiger partial charge in [-0.2, -0.15) is 0 Å². The molecule has 1 aromatic rings. The summed E-state index contributed by atoms with van der Waals surface area (Å²) in [6.45, 7) is 1.83. The second kappa shape index (κ2) is 5.09. The lowest BCUT2D eigenvalue weighted by molar-refractivity contribution is -0.385. The third-order valence-electron chi connectivity index (χ3n) is 1.96. The zero-order chi connectivity index (χ0) is 11.3. The molecule has 0 radical (unpaired) electrons. The fourth-order valence-corrected chi connectivity index (χ4v) is 1.27. The van der Waals surface area contributed by atoms with Gasteiger partial charge < -0.3 is 5.32 Å². The molecule has 0 aliphatic heterocycles. The molecule has 1 N–H and O–H groups in total. The predicted molar refractivity (Wildman–Crippen MR) is 55.5 cm³/mol. The van der Waals surface area contributed by atoms with Crippen LogP contribution in [-0.2, 0) is 11.2 Å². The van der Waals surface area contributed by atoms with Gasteiger partial charge in [-0.25, -0.2) is 0 Å². The van der Waals surface area contributed by atoms with Crippen LogP contribution < -0.4 is 5.32 Å². The Kier molecular flexibility index (Phi) is 3.79. The molecule has 5 heteroatoms. The van der Waals surface area contributed by atoms with Gasteiger partial charge in [-0.15, -0.1) is 0 Å². The summed E-state index contributed by atoms with van der Waals surface area (Å²) in [5, 5.41) is 13.2. The zero-order valence-electron chi connectivity index (χ0n) is 8.40. The van der Waals surface area contributed by atoms with Crippen LogP contribution in [0.4, 0.5) is 5.69 Å². The van der Waals surface area contributed by atoms with Gasteiger partial charge in [0.05, 0.1) is 4.92 Å². The molecule has 0 heterocycles. The average molecular weight is 208 g/mol. The molecule has 1 amide bonds. The topological polar surface area (TPSA) is 72.2 Å². The van der Waals surface area contributed by atoms with E-state index in [1.54, 1.807) is 18.2 Å². The van der Waals surface area contributed by atoms with Crippen molar-refractivity contribution in [1.29, 1.82) is 0 Å². The first kappa shape index (κ1) is 11.2. The van der Waals surface area contributed by atoms with Crippen molar-refractivity contribution < 1.29 is 9.72 Å². The van der Waals surface area contributed by atoms with E-state index in [1.165, 1.54) is 13.0 Å². The monoisotopic (exact) mass is 208 g/mol. The third kappa shape index (κ3) is 3.38. The molecule has 0 spiro atoms. The van der Waals surface area contributed by atoms with E-state index < -0.39 is 4.92 Å². The van der Waals surface area contributed by atoms with Crippen molar-refractivity contribution in [2.45, 2.75) is 13.3 Å². The highest BCUT2D eigenvalue weighted by atomic mass is 16.6. The maximum atomic E-state index is 10.6. The summed E-state index contributed by atoms with van der Waals surface area (Å²) in [6, 6.07) is 6.53. The fraction of sp³-hybridized carbons (Fsp3) is 0.300. The standard InChI is InChI=1S/C10H12N2O3/c1-8(13)11-7-6-9-4-2-3-5-10(9)12(14)15/h2-5H,6-7H2,1H3,(H,11,13). The number of nitrogens with one attached hydrogen (secondary N) is 1. The summed E-state index contributed by atoms with van der Waals surface area (Å²) in [5.74, 6) is -0.131. The first-order valence-electron chi connectivity index (χ1n) is 4.58. The van der Waals surface area contributed by atoms with Gasteiger partial charge in [-0.3, -0.25) is 14.9 Å². The van der Waals surface area contributed by atoms with Crippen LogP contribution in [0.2, 0.25) is 0 Å². The lowest BCUT2D eigenvalue weighted by Gasteiger charge is -2.03. The lowest BCUT2D eigenvalue weighted by atomic mass is 10.1. The number of nitro benzene ring substituents is 1. The average Bonchev–Trinajstić information content (AvgIpc) is 2.17. The summed E-state index contributed by atoms with van der Waals surface area (Å²) < 4.78 is 0. The molecular formula is C10H12N2O3. The Balaban J connectivity index is 2.67. The fourth-order valence-electron chi connectivity index (χ4n) is 1.27. The first-order valence-corrected chi connectivity index (χ1v) is 4.58. The van der Waals surface area contributed by atoms with E-state index in [0.717, 1.165) is 0 Å². The Morgan fingerprint density at radius 1 is 1.47 bits per heavy atom. The van der Waals surface area contributed by atoms with E-state index in [2.05, 4.69) is 5.32 Å². The molecule has 5 nitrogen and oxygen atoms in total. The van der Waals surface area contributed by atoms with Crippen LogP contribution in [0.5, 0.6) is 0 Å². The molecule has 0 aliphatic rings. The van der Waals surface area contributed by atoms with E-state index in [4.69, 9.17) is 0 Å². The molecule has 1 aromatic carbocycles. The van der Waals surface area contributed by atoms with Crippen LogP contribution >= 0.6 is 0 Å². The highest BCUT2D eigenvalue weighted by molar-refractivity contribution is 5.72. The van der Waals surface area contributed by atoms with Crippen molar-refractivity contribution in [2.75, 3.05) is 6.54 Å². The minimum absolute atomic E-state index is 0.0999. The quantitative estimate of drug-likeness (QED) is 0.598. The van der Waals surface area contributed by atoms with Crippen molar-refractivity contribution in [3.8, 4) is 0 Å². The minimum atomic E-state index is -0.414. The summed E-state index contributed by atoms with van der Waals surface area (Å²) >= 11 is 0. The molecule has 0 unspecified atom stereocenters. The number of carbonyl (C=O) groups is 1. The predicted octanol–water partition coefficient (Wildman–Crippen LogP) is 1.27. The Bertz CT molecular complexity index is 377. The van der Waals surface area contributed by atoms with Gasteiger partial charge in [0.2, 0.25) is 5.91 Å². The van der Waals surface area contributed by atoms with Crippen molar-refractivity contribution >= 4 is 11.6 Å². The van der Waals surface area contributed by atoms with Crippen molar-refractivity contribution in [2.24, 2.45) is 0 Å². The van der Waals surface area contributed by atoms with E-state index in [0.29, 0.717) is 18.5 Å². The van der Waals surface area contributed by atoms with Gasteiger partial charge >= 0.3 is 0 Å². The second-order valence-corrected chi connectivity index (χ2v) is 3.12. The summed E-state index contributed by atoms with van der Waals surface area (Å²) in [5.41, 5.74) is 0.735. The molecule has 80 valence electrons. The molecule has 0 saturated carbocycles. The Morgan fingerprint density at radius 3 is 2.73 bits per heavy atom. The van der Waals surface area contributed by atoms with Gasteiger partial charge in [0.1, 0.15) is 0 Å². The van der Waals surface area contributed by atoms with Crippen LogP contribution in [-0.4, -0.2) is 17.4 Å². The Hall–Kier alpha value is -1.91. The molecule has 0 aliphatic carbocycles. The zero-order valence-corrected chi connectivity index (χ0v) is 8.40. The normalized spacial score (nSPS) is 9.67. The number of nitrogens with zero attached hydrogens (tertiary/aromatic N) is 1. The minimum Gasteiger partial charge on any atom is -0.356 e. The molecule has 15 heavy (non-hydrogen) atoms. The number of hydrogen-bond acceptors (Lipinski definition) is 3.